The average Bonchev–Trinajstić information content (AvgIpc) is 2.07. The molecule has 0 aromatic carbocycles. The minimum atomic E-state index is 0.584. The molecule has 1 aliphatic rings. The van der Waals surface area contributed by atoms with Crippen LogP contribution in [-0.4, -0.2) is 17.8 Å². The van der Waals surface area contributed by atoms with E-state index in [-0.39, 0.29) is 0 Å². The van der Waals surface area contributed by atoms with E-state index in [1.54, 1.807) is 0 Å². The third-order valence-corrected chi connectivity index (χ3v) is 3.08. The molecule has 0 N–H and O–H groups in total. The van der Waals surface area contributed by atoms with E-state index in [1.165, 1.54) is 24.3 Å². The maximum absolute atomic E-state index is 9.99. The molecule has 0 radical (unpaired) electrons. The minimum absolute atomic E-state index is 0.584. The van der Waals surface area contributed by atoms with Crippen molar-refractivity contribution >= 4 is 18.0 Å². The lowest BCUT2D eigenvalue weighted by Gasteiger charge is -2.17. The van der Waals surface area contributed by atoms with E-state index in [4.69, 9.17) is 0 Å². The van der Waals surface area contributed by atoms with Gasteiger partial charge in [0.15, 0.2) is 0 Å². The fraction of sp³-hybridized carbons (Fsp3) is 0.667. The standard InChI is InChI=1S/C9H14OS/c10-6-2-1-4-9-5-3-7-11-8-9/h1,4,6,9H,2-3,5,7-8H2/b4-1-. The van der Waals surface area contributed by atoms with Crippen LogP contribution in [0.5, 0.6) is 0 Å². The molecule has 62 valence electrons. The second-order valence-electron chi connectivity index (χ2n) is 2.81. The van der Waals surface area contributed by atoms with Crippen LogP contribution in [0.1, 0.15) is 19.3 Å². The Labute approximate surface area is 72.2 Å². The van der Waals surface area contributed by atoms with Crippen molar-refractivity contribution in [1.82, 2.24) is 0 Å². The Kier molecular flexibility index (Phi) is 4.36. The molecule has 1 atom stereocenters. The number of carbonyl (C=O) groups excluding carboxylic acids is 1. The van der Waals surface area contributed by atoms with Gasteiger partial charge in [-0.2, -0.15) is 11.8 Å². The van der Waals surface area contributed by atoms with Crippen LogP contribution >= 0.6 is 11.8 Å². The van der Waals surface area contributed by atoms with E-state index in [1.807, 2.05) is 17.8 Å². The van der Waals surface area contributed by atoms with Crippen molar-refractivity contribution in [3.8, 4) is 0 Å². The van der Waals surface area contributed by atoms with Gasteiger partial charge in [-0.25, -0.2) is 0 Å². The summed E-state index contributed by atoms with van der Waals surface area (Å²) in [5.74, 6) is 3.29. The molecule has 1 nitrogen and oxygen atoms in total. The highest BCUT2D eigenvalue weighted by atomic mass is 32.2. The Morgan fingerprint density at radius 2 is 2.45 bits per heavy atom. The maximum atomic E-state index is 9.99. The van der Waals surface area contributed by atoms with Crippen molar-refractivity contribution in [2.45, 2.75) is 19.3 Å². The van der Waals surface area contributed by atoms with Crippen LogP contribution in [0.3, 0.4) is 0 Å². The Hall–Kier alpha value is -0.240. The van der Waals surface area contributed by atoms with Crippen LogP contribution in [0.15, 0.2) is 12.2 Å². The lowest BCUT2D eigenvalue weighted by molar-refractivity contribution is -0.107. The number of carbonyl (C=O) groups is 1. The largest absolute Gasteiger partial charge is 0.303 e. The summed E-state index contributed by atoms with van der Waals surface area (Å²) in [5.41, 5.74) is 0. The summed E-state index contributed by atoms with van der Waals surface area (Å²) in [6.45, 7) is 0. The summed E-state index contributed by atoms with van der Waals surface area (Å²) in [6, 6.07) is 0. The fourth-order valence-corrected chi connectivity index (χ4v) is 2.36. The monoisotopic (exact) mass is 170 g/mol. The van der Waals surface area contributed by atoms with Crippen LogP contribution < -0.4 is 0 Å². The third kappa shape index (κ3) is 3.61. The predicted octanol–water partition coefficient (Wildman–Crippen LogP) is 2.27. The van der Waals surface area contributed by atoms with Gasteiger partial charge in [0.05, 0.1) is 0 Å². The molecular formula is C9H14OS. The first-order valence-corrected chi connectivity index (χ1v) is 5.27. The molecule has 0 aromatic rings. The second-order valence-corrected chi connectivity index (χ2v) is 3.96. The zero-order valence-corrected chi connectivity index (χ0v) is 7.48. The quantitative estimate of drug-likeness (QED) is 0.477. The molecule has 2 heteroatoms. The molecule has 0 spiro atoms. The van der Waals surface area contributed by atoms with E-state index in [0.29, 0.717) is 6.42 Å². The van der Waals surface area contributed by atoms with Crippen LogP contribution in [0.25, 0.3) is 0 Å². The highest BCUT2D eigenvalue weighted by Crippen LogP contribution is 2.23. The first-order valence-electron chi connectivity index (χ1n) is 4.11. The molecule has 1 unspecified atom stereocenters. The summed E-state index contributed by atoms with van der Waals surface area (Å²) in [4.78, 5) is 9.99. The van der Waals surface area contributed by atoms with Crippen molar-refractivity contribution < 1.29 is 4.79 Å². The summed E-state index contributed by atoms with van der Waals surface area (Å²) in [6.07, 6.45) is 8.36. The van der Waals surface area contributed by atoms with Crippen LogP contribution in [0, 0.1) is 5.92 Å². The van der Waals surface area contributed by atoms with Gasteiger partial charge in [-0.1, -0.05) is 12.2 Å². The van der Waals surface area contributed by atoms with Crippen LogP contribution in [0.2, 0.25) is 0 Å². The Morgan fingerprint density at radius 3 is 3.09 bits per heavy atom. The van der Waals surface area contributed by atoms with Gasteiger partial charge in [0, 0.05) is 6.42 Å². The highest BCUT2D eigenvalue weighted by molar-refractivity contribution is 7.99. The molecule has 0 aromatic heterocycles. The predicted molar refractivity (Wildman–Crippen MR) is 49.9 cm³/mol. The first kappa shape index (κ1) is 8.85. The van der Waals surface area contributed by atoms with Gasteiger partial charge in [-0.05, 0) is 30.3 Å². The van der Waals surface area contributed by atoms with Crippen molar-refractivity contribution in [3.05, 3.63) is 12.2 Å². The minimum Gasteiger partial charge on any atom is -0.303 e. The van der Waals surface area contributed by atoms with Crippen molar-refractivity contribution in [1.29, 1.82) is 0 Å². The highest BCUT2D eigenvalue weighted by Gasteiger charge is 2.09. The van der Waals surface area contributed by atoms with Crippen LogP contribution in [0.4, 0.5) is 0 Å². The number of allylic oxidation sites excluding steroid dienone is 2. The molecule has 0 amide bonds. The van der Waals surface area contributed by atoms with Gasteiger partial charge in [0.25, 0.3) is 0 Å². The molecule has 0 aliphatic carbocycles. The summed E-state index contributed by atoms with van der Waals surface area (Å²) >= 11 is 2.02. The van der Waals surface area contributed by atoms with Gasteiger partial charge >= 0.3 is 0 Å². The SMILES string of the molecule is O=CC/C=C\C1CCCSC1. The first-order chi connectivity index (χ1) is 5.43. The lowest BCUT2D eigenvalue weighted by atomic mass is 10.0. The molecule has 1 heterocycles. The van der Waals surface area contributed by atoms with E-state index in [0.717, 1.165) is 12.2 Å². The van der Waals surface area contributed by atoms with Crippen molar-refractivity contribution in [2.24, 2.45) is 5.92 Å². The van der Waals surface area contributed by atoms with Gasteiger partial charge in [0.1, 0.15) is 6.29 Å². The summed E-state index contributed by atoms with van der Waals surface area (Å²) < 4.78 is 0. The topological polar surface area (TPSA) is 17.1 Å². The normalized spacial score (nSPS) is 25.6. The van der Waals surface area contributed by atoms with Crippen molar-refractivity contribution in [3.63, 3.8) is 0 Å². The zero-order valence-electron chi connectivity index (χ0n) is 6.66. The molecule has 0 bridgehead atoms. The van der Waals surface area contributed by atoms with E-state index >= 15 is 0 Å². The summed E-state index contributed by atoms with van der Waals surface area (Å²) in [5, 5.41) is 0. The Bertz CT molecular complexity index is 136. The van der Waals surface area contributed by atoms with E-state index in [2.05, 4.69) is 6.08 Å². The van der Waals surface area contributed by atoms with Gasteiger partial charge < -0.3 is 4.79 Å². The zero-order chi connectivity index (χ0) is 7.94. The summed E-state index contributed by atoms with van der Waals surface area (Å²) in [7, 11) is 0. The maximum Gasteiger partial charge on any atom is 0.123 e. The van der Waals surface area contributed by atoms with Crippen LogP contribution in [-0.2, 0) is 4.79 Å². The molecule has 0 saturated carbocycles. The third-order valence-electron chi connectivity index (χ3n) is 1.84. The van der Waals surface area contributed by atoms with E-state index < -0.39 is 0 Å². The van der Waals surface area contributed by atoms with Gasteiger partial charge in [0.2, 0.25) is 0 Å². The molecule has 1 fully saturated rings. The Morgan fingerprint density at radius 1 is 1.55 bits per heavy atom. The fourth-order valence-electron chi connectivity index (χ4n) is 1.24. The average molecular weight is 170 g/mol. The number of hydrogen-bond acceptors (Lipinski definition) is 2. The molecule has 11 heavy (non-hydrogen) atoms. The van der Waals surface area contributed by atoms with Crippen molar-refractivity contribution in [2.75, 3.05) is 11.5 Å². The number of hydrogen-bond donors (Lipinski definition) is 0. The number of aldehydes is 1. The molecule has 1 saturated heterocycles. The second kappa shape index (κ2) is 5.42. The lowest BCUT2D eigenvalue weighted by Crippen LogP contribution is -2.07. The number of thioether (sulfide) groups is 1. The molecular weight excluding hydrogens is 156 g/mol. The van der Waals surface area contributed by atoms with Gasteiger partial charge in [-0.3, -0.25) is 0 Å². The Balaban J connectivity index is 2.18. The number of rotatable bonds is 3. The molecule has 1 rings (SSSR count). The molecule has 1 aliphatic heterocycles. The van der Waals surface area contributed by atoms with E-state index in [9.17, 15) is 4.79 Å². The van der Waals surface area contributed by atoms with Gasteiger partial charge in [-0.15, -0.1) is 0 Å². The smallest absolute Gasteiger partial charge is 0.123 e.